The lowest BCUT2D eigenvalue weighted by Gasteiger charge is -2.33. The number of hydrogen-bond acceptors (Lipinski definition) is 4. The van der Waals surface area contributed by atoms with E-state index in [0.29, 0.717) is 37.6 Å². The van der Waals surface area contributed by atoms with Crippen molar-refractivity contribution < 1.29 is 13.2 Å². The molecule has 1 heterocycles. The Balaban J connectivity index is 1.62. The van der Waals surface area contributed by atoms with Gasteiger partial charge in [-0.25, -0.2) is 8.42 Å². The van der Waals surface area contributed by atoms with Crippen LogP contribution >= 0.6 is 0 Å². The van der Waals surface area contributed by atoms with Gasteiger partial charge in [0.1, 0.15) is 0 Å². The average Bonchev–Trinajstić information content (AvgIpc) is 2.61. The molecule has 0 bridgehead atoms. The molecule has 0 aromatic heterocycles. The predicted octanol–water partition coefficient (Wildman–Crippen LogP) is 1.40. The van der Waals surface area contributed by atoms with Gasteiger partial charge in [-0.2, -0.15) is 4.31 Å². The highest BCUT2D eigenvalue weighted by Crippen LogP contribution is 2.26. The number of carbonyl (C=O) groups excluding carboxylic acids is 1. The van der Waals surface area contributed by atoms with Gasteiger partial charge >= 0.3 is 0 Å². The summed E-state index contributed by atoms with van der Waals surface area (Å²) >= 11 is 0. The van der Waals surface area contributed by atoms with Crippen molar-refractivity contribution in [2.45, 2.75) is 50.5 Å². The minimum Gasteiger partial charge on any atom is -0.353 e. The van der Waals surface area contributed by atoms with Crippen molar-refractivity contribution >= 4 is 15.9 Å². The third-order valence-electron chi connectivity index (χ3n) is 5.11. The summed E-state index contributed by atoms with van der Waals surface area (Å²) in [6, 6.07) is 5.72. The first kappa shape index (κ1) is 19.3. The number of amides is 1. The van der Waals surface area contributed by atoms with Gasteiger partial charge in [-0.1, -0.05) is 6.07 Å². The smallest absolute Gasteiger partial charge is 0.243 e. The highest BCUT2D eigenvalue weighted by molar-refractivity contribution is 7.89. The summed E-state index contributed by atoms with van der Waals surface area (Å²) in [5.41, 5.74) is 2.47. The topological polar surface area (TPSA) is 69.7 Å². The number of aryl methyl sites for hydroxylation is 2. The van der Waals surface area contributed by atoms with Crippen molar-refractivity contribution in [1.29, 1.82) is 0 Å². The standard InChI is InChI=1S/C19H29N3O3S/c1-15(2)20-19(23)14-21-9-11-22(12-10-21)26(24,25)18-8-7-16-5-3-4-6-17(16)13-18/h7-8,13,15H,3-6,9-12,14H2,1-2H3,(H,20,23). The first-order valence-electron chi connectivity index (χ1n) is 9.50. The van der Waals surface area contributed by atoms with Gasteiger partial charge < -0.3 is 5.32 Å². The Hall–Kier alpha value is -1.44. The summed E-state index contributed by atoms with van der Waals surface area (Å²) in [5, 5.41) is 2.87. The zero-order valence-corrected chi connectivity index (χ0v) is 16.5. The molecule has 1 aliphatic carbocycles. The lowest BCUT2D eigenvalue weighted by atomic mass is 9.92. The van der Waals surface area contributed by atoms with E-state index in [1.165, 1.54) is 17.5 Å². The Kier molecular flexibility index (Phi) is 5.99. The minimum absolute atomic E-state index is 0.00834. The summed E-state index contributed by atoms with van der Waals surface area (Å²) in [4.78, 5) is 14.3. The van der Waals surface area contributed by atoms with Gasteiger partial charge in [-0.3, -0.25) is 9.69 Å². The van der Waals surface area contributed by atoms with Crippen molar-refractivity contribution in [3.63, 3.8) is 0 Å². The normalized spacial score (nSPS) is 19.3. The van der Waals surface area contributed by atoms with Crippen LogP contribution in [0.1, 0.15) is 37.8 Å². The molecule has 3 rings (SSSR count). The second-order valence-corrected chi connectivity index (χ2v) is 9.48. The lowest BCUT2D eigenvalue weighted by Crippen LogP contribution is -2.51. The molecule has 0 radical (unpaired) electrons. The van der Waals surface area contributed by atoms with E-state index in [4.69, 9.17) is 0 Å². The maximum absolute atomic E-state index is 13.0. The number of carbonyl (C=O) groups is 1. The molecule has 6 nitrogen and oxygen atoms in total. The molecule has 0 atom stereocenters. The van der Waals surface area contributed by atoms with Crippen LogP contribution in [0.5, 0.6) is 0 Å². The maximum atomic E-state index is 13.0. The maximum Gasteiger partial charge on any atom is 0.243 e. The van der Waals surface area contributed by atoms with Crippen LogP contribution in [0.2, 0.25) is 0 Å². The van der Waals surface area contributed by atoms with E-state index >= 15 is 0 Å². The summed E-state index contributed by atoms with van der Waals surface area (Å²) in [5.74, 6) is -0.00834. The second-order valence-electron chi connectivity index (χ2n) is 7.54. The van der Waals surface area contributed by atoms with Gasteiger partial charge in [0.15, 0.2) is 0 Å². The summed E-state index contributed by atoms with van der Waals surface area (Å²) in [6.07, 6.45) is 4.34. The molecule has 1 aromatic carbocycles. The summed E-state index contributed by atoms with van der Waals surface area (Å²) < 4.78 is 27.5. The molecule has 0 unspecified atom stereocenters. The third kappa shape index (κ3) is 4.45. The number of fused-ring (bicyclic) bond motifs is 1. The van der Waals surface area contributed by atoms with Gasteiger partial charge in [0.05, 0.1) is 11.4 Å². The molecule has 144 valence electrons. The Morgan fingerprint density at radius 1 is 1.08 bits per heavy atom. The second kappa shape index (κ2) is 8.06. The van der Waals surface area contributed by atoms with Gasteiger partial charge in [-0.15, -0.1) is 0 Å². The van der Waals surface area contributed by atoms with Gasteiger partial charge in [0.25, 0.3) is 0 Å². The molecular weight excluding hydrogens is 350 g/mol. The van der Waals surface area contributed by atoms with Crippen LogP contribution in [-0.2, 0) is 27.7 Å². The van der Waals surface area contributed by atoms with E-state index in [9.17, 15) is 13.2 Å². The number of benzene rings is 1. The van der Waals surface area contributed by atoms with Crippen LogP contribution < -0.4 is 5.32 Å². The monoisotopic (exact) mass is 379 g/mol. The highest BCUT2D eigenvalue weighted by Gasteiger charge is 2.29. The van der Waals surface area contributed by atoms with Crippen molar-refractivity contribution in [3.8, 4) is 0 Å². The molecular formula is C19H29N3O3S. The van der Waals surface area contributed by atoms with Crippen molar-refractivity contribution in [1.82, 2.24) is 14.5 Å². The Labute approximate surface area is 156 Å². The first-order chi connectivity index (χ1) is 12.4. The zero-order valence-electron chi connectivity index (χ0n) is 15.7. The Bertz CT molecular complexity index is 753. The van der Waals surface area contributed by atoms with Crippen LogP contribution in [0.4, 0.5) is 0 Å². The minimum atomic E-state index is -3.46. The van der Waals surface area contributed by atoms with E-state index in [1.807, 2.05) is 30.9 Å². The average molecular weight is 380 g/mol. The summed E-state index contributed by atoms with van der Waals surface area (Å²) in [6.45, 7) is 6.20. The van der Waals surface area contributed by atoms with E-state index in [0.717, 1.165) is 19.3 Å². The number of hydrogen-bond donors (Lipinski definition) is 1. The van der Waals surface area contributed by atoms with Crippen molar-refractivity contribution in [3.05, 3.63) is 29.3 Å². The number of nitrogens with zero attached hydrogens (tertiary/aromatic N) is 2. The zero-order chi connectivity index (χ0) is 18.7. The fourth-order valence-electron chi connectivity index (χ4n) is 3.72. The van der Waals surface area contributed by atoms with Crippen LogP contribution in [0.3, 0.4) is 0 Å². The molecule has 1 saturated heterocycles. The van der Waals surface area contributed by atoms with E-state index in [1.54, 1.807) is 10.4 Å². The molecule has 1 amide bonds. The van der Waals surface area contributed by atoms with E-state index in [2.05, 4.69) is 5.32 Å². The summed E-state index contributed by atoms with van der Waals surface area (Å²) in [7, 11) is -3.46. The number of rotatable bonds is 5. The first-order valence-corrected chi connectivity index (χ1v) is 10.9. The van der Waals surface area contributed by atoms with E-state index < -0.39 is 10.0 Å². The molecule has 1 fully saturated rings. The van der Waals surface area contributed by atoms with Crippen LogP contribution in [0, 0.1) is 0 Å². The fourth-order valence-corrected chi connectivity index (χ4v) is 5.19. The molecule has 1 aliphatic heterocycles. The van der Waals surface area contributed by atoms with Crippen LogP contribution in [-0.4, -0.2) is 62.3 Å². The van der Waals surface area contributed by atoms with Crippen LogP contribution in [0.25, 0.3) is 0 Å². The molecule has 0 saturated carbocycles. The number of piperazine rings is 1. The molecule has 1 aromatic rings. The van der Waals surface area contributed by atoms with Gasteiger partial charge in [0, 0.05) is 32.2 Å². The number of sulfonamides is 1. The molecule has 0 spiro atoms. The molecule has 7 heteroatoms. The molecule has 26 heavy (non-hydrogen) atoms. The SMILES string of the molecule is CC(C)NC(=O)CN1CCN(S(=O)(=O)c2ccc3c(c2)CCCC3)CC1. The number of nitrogens with one attached hydrogen (secondary N) is 1. The Morgan fingerprint density at radius 2 is 1.73 bits per heavy atom. The third-order valence-corrected chi connectivity index (χ3v) is 7.00. The van der Waals surface area contributed by atoms with Gasteiger partial charge in [-0.05, 0) is 62.8 Å². The molecule has 2 aliphatic rings. The lowest BCUT2D eigenvalue weighted by molar-refractivity contribution is -0.123. The van der Waals surface area contributed by atoms with Gasteiger partial charge in [0.2, 0.25) is 15.9 Å². The quantitative estimate of drug-likeness (QED) is 0.840. The van der Waals surface area contributed by atoms with Crippen LogP contribution in [0.15, 0.2) is 23.1 Å². The molecule has 1 N–H and O–H groups in total. The van der Waals surface area contributed by atoms with Crippen molar-refractivity contribution in [2.24, 2.45) is 0 Å². The van der Waals surface area contributed by atoms with Crippen molar-refractivity contribution in [2.75, 3.05) is 32.7 Å². The largest absolute Gasteiger partial charge is 0.353 e. The highest BCUT2D eigenvalue weighted by atomic mass is 32.2. The van der Waals surface area contributed by atoms with E-state index in [-0.39, 0.29) is 11.9 Å². The Morgan fingerprint density at radius 3 is 2.38 bits per heavy atom. The fraction of sp³-hybridized carbons (Fsp3) is 0.632. The predicted molar refractivity (Wildman–Crippen MR) is 102 cm³/mol.